The Hall–Kier alpha value is -2.32. The van der Waals surface area contributed by atoms with Crippen molar-refractivity contribution in [3.63, 3.8) is 0 Å². The summed E-state index contributed by atoms with van der Waals surface area (Å²) in [6, 6.07) is 11.1. The first-order valence-electron chi connectivity index (χ1n) is 7.96. The van der Waals surface area contributed by atoms with Crippen LogP contribution in [0.4, 0.5) is 0 Å². The van der Waals surface area contributed by atoms with Crippen LogP contribution in [0.2, 0.25) is 10.0 Å². The van der Waals surface area contributed by atoms with E-state index in [9.17, 15) is 8.42 Å². The number of hydrogen-bond donors (Lipinski definition) is 1. The zero-order valence-electron chi connectivity index (χ0n) is 14.0. The lowest BCUT2D eigenvalue weighted by atomic mass is 10.2. The number of halogens is 2. The maximum absolute atomic E-state index is 13.0. The van der Waals surface area contributed by atoms with Crippen molar-refractivity contribution in [3.8, 4) is 11.5 Å². The van der Waals surface area contributed by atoms with Crippen LogP contribution in [-0.2, 0) is 9.84 Å². The molecule has 0 atom stereocenters. The largest absolute Gasteiger partial charge is 0.454 e. The van der Waals surface area contributed by atoms with E-state index in [2.05, 4.69) is 9.97 Å². The summed E-state index contributed by atoms with van der Waals surface area (Å²) in [6.45, 7) is 0. The third kappa shape index (κ3) is 3.42. The molecule has 28 heavy (non-hydrogen) atoms. The number of fused-ring (bicyclic) bond motifs is 1. The Morgan fingerprint density at radius 2 is 1.68 bits per heavy atom. The number of aromatic nitrogens is 2. The smallest absolute Gasteiger partial charge is 0.208 e. The van der Waals surface area contributed by atoms with Crippen LogP contribution in [0.15, 0.2) is 75.7 Å². The zero-order valence-corrected chi connectivity index (χ0v) is 17.2. The summed E-state index contributed by atoms with van der Waals surface area (Å²) in [5, 5.41) is 1.04. The molecule has 0 aliphatic carbocycles. The standard InChI is InChI=1S/C19H11Cl2N2O3S2/c20-15-8-12(27)9-16(21)19(15)26-11-1-2-17-14(7-11)18(10-23-17)28(24,25)13-3-5-22-6-4-13/h1-10,23H. The highest BCUT2D eigenvalue weighted by atomic mass is 35.5. The van der Waals surface area contributed by atoms with E-state index in [1.807, 2.05) is 0 Å². The molecule has 1 radical (unpaired) electrons. The van der Waals surface area contributed by atoms with Crippen molar-refractivity contribution in [2.75, 3.05) is 0 Å². The van der Waals surface area contributed by atoms with Crippen molar-refractivity contribution in [1.29, 1.82) is 0 Å². The van der Waals surface area contributed by atoms with Gasteiger partial charge in [-0.2, -0.15) is 0 Å². The van der Waals surface area contributed by atoms with E-state index in [4.69, 9.17) is 40.6 Å². The average molecular weight is 450 g/mol. The van der Waals surface area contributed by atoms with Crippen molar-refractivity contribution in [2.24, 2.45) is 0 Å². The third-order valence-electron chi connectivity index (χ3n) is 4.06. The molecule has 0 unspecified atom stereocenters. The fourth-order valence-corrected chi connectivity index (χ4v) is 5.09. The van der Waals surface area contributed by atoms with Crippen LogP contribution in [0.1, 0.15) is 0 Å². The summed E-state index contributed by atoms with van der Waals surface area (Å²) < 4.78 is 31.8. The molecule has 141 valence electrons. The highest BCUT2D eigenvalue weighted by Gasteiger charge is 2.22. The van der Waals surface area contributed by atoms with E-state index in [-0.39, 0.29) is 25.6 Å². The average Bonchev–Trinajstić information content (AvgIpc) is 3.09. The van der Waals surface area contributed by atoms with Gasteiger partial charge in [-0.15, -0.1) is 0 Å². The molecule has 2 heterocycles. The van der Waals surface area contributed by atoms with E-state index in [0.29, 0.717) is 21.5 Å². The van der Waals surface area contributed by atoms with E-state index in [1.54, 1.807) is 30.3 Å². The van der Waals surface area contributed by atoms with Gasteiger partial charge in [-0.1, -0.05) is 35.8 Å². The number of ether oxygens (including phenoxy) is 1. The van der Waals surface area contributed by atoms with Crippen molar-refractivity contribution < 1.29 is 13.2 Å². The number of benzene rings is 2. The van der Waals surface area contributed by atoms with Gasteiger partial charge in [0, 0.05) is 34.4 Å². The molecule has 4 aromatic rings. The summed E-state index contributed by atoms with van der Waals surface area (Å²) in [4.78, 5) is 7.62. The number of sulfone groups is 1. The minimum atomic E-state index is -3.73. The number of aromatic amines is 1. The van der Waals surface area contributed by atoms with Crippen LogP contribution in [0.25, 0.3) is 10.9 Å². The first kappa shape index (κ1) is 19.0. The van der Waals surface area contributed by atoms with Crippen LogP contribution in [0, 0.1) is 0 Å². The number of nitrogens with zero attached hydrogens (tertiary/aromatic N) is 1. The molecular weight excluding hydrogens is 439 g/mol. The Kier molecular flexibility index (Phi) is 4.93. The second-order valence-electron chi connectivity index (χ2n) is 5.86. The fourth-order valence-electron chi connectivity index (χ4n) is 2.76. The second kappa shape index (κ2) is 7.25. The van der Waals surface area contributed by atoms with Crippen molar-refractivity contribution in [1.82, 2.24) is 9.97 Å². The SMILES string of the molecule is O=S(=O)(c1ccncc1)c1c[nH]c2ccc(Oc3c(Cl)cc([S])cc3Cl)cc12. The van der Waals surface area contributed by atoms with Crippen LogP contribution >= 0.6 is 35.8 Å². The number of rotatable bonds is 4. The van der Waals surface area contributed by atoms with Crippen LogP contribution in [0.3, 0.4) is 0 Å². The minimum Gasteiger partial charge on any atom is -0.454 e. The van der Waals surface area contributed by atoms with Gasteiger partial charge in [0.1, 0.15) is 5.75 Å². The lowest BCUT2D eigenvalue weighted by Crippen LogP contribution is -2.01. The molecule has 0 aliphatic heterocycles. The van der Waals surface area contributed by atoms with Crippen molar-refractivity contribution in [3.05, 3.63) is 71.1 Å². The molecule has 0 spiro atoms. The quantitative estimate of drug-likeness (QED) is 0.411. The minimum absolute atomic E-state index is 0.136. The lowest BCUT2D eigenvalue weighted by molar-refractivity contribution is 0.483. The Labute approximate surface area is 176 Å². The van der Waals surface area contributed by atoms with E-state index in [1.165, 1.54) is 30.7 Å². The first-order valence-corrected chi connectivity index (χ1v) is 10.6. The maximum atomic E-state index is 13.0. The molecule has 0 amide bonds. The van der Waals surface area contributed by atoms with Crippen LogP contribution < -0.4 is 4.74 Å². The van der Waals surface area contributed by atoms with E-state index in [0.717, 1.165) is 0 Å². The third-order valence-corrected chi connectivity index (χ3v) is 6.66. The number of nitrogens with one attached hydrogen (secondary N) is 1. The molecule has 0 saturated heterocycles. The predicted octanol–water partition coefficient (Wildman–Crippen LogP) is 6.05. The van der Waals surface area contributed by atoms with Gasteiger partial charge in [0.25, 0.3) is 0 Å². The van der Waals surface area contributed by atoms with Gasteiger partial charge in [-0.3, -0.25) is 4.98 Å². The zero-order chi connectivity index (χ0) is 19.9. The molecule has 9 heteroatoms. The van der Waals surface area contributed by atoms with E-state index < -0.39 is 9.84 Å². The highest BCUT2D eigenvalue weighted by molar-refractivity contribution is 7.91. The van der Waals surface area contributed by atoms with Gasteiger partial charge in [-0.05, 0) is 42.5 Å². The van der Waals surface area contributed by atoms with Crippen molar-refractivity contribution in [2.45, 2.75) is 14.7 Å². The maximum Gasteiger partial charge on any atom is 0.208 e. The molecule has 2 aromatic heterocycles. The lowest BCUT2D eigenvalue weighted by Gasteiger charge is -2.10. The fraction of sp³-hybridized carbons (Fsp3) is 0. The van der Waals surface area contributed by atoms with Crippen molar-refractivity contribution >= 4 is 56.6 Å². The van der Waals surface area contributed by atoms with Gasteiger partial charge in [0.2, 0.25) is 9.84 Å². The molecule has 2 aromatic carbocycles. The Balaban J connectivity index is 1.80. The number of hydrogen-bond acceptors (Lipinski definition) is 4. The molecule has 0 bridgehead atoms. The molecule has 0 saturated carbocycles. The number of H-pyrrole nitrogens is 1. The molecule has 4 rings (SSSR count). The molecule has 0 fully saturated rings. The van der Waals surface area contributed by atoms with Gasteiger partial charge >= 0.3 is 0 Å². The van der Waals surface area contributed by atoms with E-state index >= 15 is 0 Å². The van der Waals surface area contributed by atoms with Crippen LogP contribution in [-0.4, -0.2) is 18.4 Å². The summed E-state index contributed by atoms with van der Waals surface area (Å²) in [5.74, 6) is 0.643. The summed E-state index contributed by atoms with van der Waals surface area (Å²) >= 11 is 17.4. The van der Waals surface area contributed by atoms with Gasteiger partial charge in [0.05, 0.1) is 19.8 Å². The first-order chi connectivity index (χ1) is 13.4. The molecule has 5 nitrogen and oxygen atoms in total. The summed E-state index contributed by atoms with van der Waals surface area (Å²) in [6.07, 6.45) is 4.32. The normalized spacial score (nSPS) is 11.6. The molecule has 1 N–H and O–H groups in total. The van der Waals surface area contributed by atoms with Gasteiger partial charge < -0.3 is 9.72 Å². The predicted molar refractivity (Wildman–Crippen MR) is 110 cm³/mol. The van der Waals surface area contributed by atoms with Crippen LogP contribution in [0.5, 0.6) is 11.5 Å². The highest BCUT2D eigenvalue weighted by Crippen LogP contribution is 2.39. The summed E-state index contributed by atoms with van der Waals surface area (Å²) in [5.41, 5.74) is 0.651. The Morgan fingerprint density at radius 3 is 2.36 bits per heavy atom. The Bertz CT molecular complexity index is 1270. The van der Waals surface area contributed by atoms with Gasteiger partial charge in [0.15, 0.2) is 5.75 Å². The Morgan fingerprint density at radius 1 is 1.00 bits per heavy atom. The topological polar surface area (TPSA) is 72.0 Å². The molecule has 0 aliphatic rings. The number of pyridine rings is 1. The van der Waals surface area contributed by atoms with Gasteiger partial charge in [-0.25, -0.2) is 8.42 Å². The summed E-state index contributed by atoms with van der Waals surface area (Å²) in [7, 11) is -3.73. The monoisotopic (exact) mass is 449 g/mol. The molecular formula is C19H11Cl2N2O3S2. The second-order valence-corrected chi connectivity index (χ2v) is 9.07.